The van der Waals surface area contributed by atoms with E-state index in [1.54, 1.807) is 11.3 Å². The van der Waals surface area contributed by atoms with Gasteiger partial charge in [-0.2, -0.15) is 0 Å². The fourth-order valence-electron chi connectivity index (χ4n) is 4.18. The number of aryl methyl sites for hydroxylation is 1. The zero-order valence-corrected chi connectivity index (χ0v) is 16.9. The molecule has 2 aliphatic heterocycles. The van der Waals surface area contributed by atoms with Gasteiger partial charge in [0.1, 0.15) is 5.01 Å². The van der Waals surface area contributed by atoms with Gasteiger partial charge in [0.25, 0.3) is 0 Å². The first-order chi connectivity index (χ1) is 12.0. The van der Waals surface area contributed by atoms with Crippen molar-refractivity contribution in [3.8, 4) is 0 Å². The number of guanidine groups is 1. The van der Waals surface area contributed by atoms with Gasteiger partial charge in [-0.05, 0) is 38.5 Å². The summed E-state index contributed by atoms with van der Waals surface area (Å²) in [5, 5.41) is 4.69. The van der Waals surface area contributed by atoms with E-state index in [4.69, 9.17) is 9.72 Å². The van der Waals surface area contributed by atoms with Gasteiger partial charge < -0.3 is 15.0 Å². The molecule has 3 rings (SSSR count). The van der Waals surface area contributed by atoms with Crippen molar-refractivity contribution in [3.05, 3.63) is 15.6 Å². The van der Waals surface area contributed by atoms with E-state index in [0.717, 1.165) is 43.8 Å². The summed E-state index contributed by atoms with van der Waals surface area (Å²) in [6.07, 6.45) is 4.97. The third-order valence-corrected chi connectivity index (χ3v) is 6.38. The van der Waals surface area contributed by atoms with E-state index in [1.807, 2.05) is 7.05 Å². The van der Waals surface area contributed by atoms with E-state index < -0.39 is 0 Å². The van der Waals surface area contributed by atoms with Crippen molar-refractivity contribution < 1.29 is 4.74 Å². The molecule has 1 aromatic rings. The number of likely N-dealkylation sites (tertiary alicyclic amines) is 1. The average molecular weight is 365 g/mol. The van der Waals surface area contributed by atoms with Gasteiger partial charge in [-0.3, -0.25) is 4.99 Å². The van der Waals surface area contributed by atoms with Gasteiger partial charge in [-0.15, -0.1) is 11.3 Å². The summed E-state index contributed by atoms with van der Waals surface area (Å²) in [5.41, 5.74) is 1.56. The molecule has 2 fully saturated rings. The average Bonchev–Trinajstić information content (AvgIpc) is 2.97. The lowest BCUT2D eigenvalue weighted by atomic mass is 9.76. The van der Waals surface area contributed by atoms with Gasteiger partial charge in [0.05, 0.1) is 18.8 Å². The van der Waals surface area contributed by atoms with E-state index >= 15 is 0 Å². The molecule has 2 aliphatic rings. The van der Waals surface area contributed by atoms with Crippen molar-refractivity contribution in [2.45, 2.75) is 58.9 Å². The zero-order chi connectivity index (χ0) is 17.9. The molecule has 1 atom stereocenters. The topological polar surface area (TPSA) is 49.8 Å². The number of aliphatic imine (C=N–C) groups is 1. The lowest BCUT2D eigenvalue weighted by Gasteiger charge is -2.45. The summed E-state index contributed by atoms with van der Waals surface area (Å²) in [6, 6.07) is 0. The van der Waals surface area contributed by atoms with E-state index in [1.165, 1.54) is 36.3 Å². The first kappa shape index (κ1) is 18.6. The number of thiazole rings is 1. The second-order valence-electron chi connectivity index (χ2n) is 7.79. The Morgan fingerprint density at radius 3 is 2.84 bits per heavy atom. The second kappa shape index (κ2) is 8.04. The van der Waals surface area contributed by atoms with Crippen molar-refractivity contribution in [1.29, 1.82) is 0 Å². The van der Waals surface area contributed by atoms with E-state index in [9.17, 15) is 0 Å². The summed E-state index contributed by atoms with van der Waals surface area (Å²) in [7, 11) is 1.88. The maximum absolute atomic E-state index is 5.80. The summed E-state index contributed by atoms with van der Waals surface area (Å²) in [6.45, 7) is 11.3. The Hall–Kier alpha value is -1.14. The molecule has 6 heteroatoms. The third-order valence-electron chi connectivity index (χ3n) is 5.40. The fourth-order valence-corrected chi connectivity index (χ4v) is 5.21. The highest BCUT2D eigenvalue weighted by molar-refractivity contribution is 7.11. The van der Waals surface area contributed by atoms with Crippen LogP contribution >= 0.6 is 11.3 Å². The van der Waals surface area contributed by atoms with Crippen LogP contribution in [-0.4, -0.2) is 49.2 Å². The number of hydrogen-bond acceptors (Lipinski definition) is 4. The van der Waals surface area contributed by atoms with Crippen molar-refractivity contribution in [2.24, 2.45) is 10.4 Å². The number of hydrogen-bond donors (Lipinski definition) is 1. The van der Waals surface area contributed by atoms with Crippen LogP contribution in [0.3, 0.4) is 0 Å². The Kier molecular flexibility index (Phi) is 6.00. The Labute approximate surface area is 155 Å². The summed E-state index contributed by atoms with van der Waals surface area (Å²) < 4.78 is 5.80. The molecule has 3 heterocycles. The number of ether oxygens (including phenoxy) is 1. The third kappa shape index (κ3) is 4.34. The minimum atomic E-state index is 0.330. The van der Waals surface area contributed by atoms with Crippen LogP contribution in [0.4, 0.5) is 0 Å². The predicted octanol–water partition coefficient (Wildman–Crippen LogP) is 3.54. The maximum atomic E-state index is 5.80. The molecule has 0 bridgehead atoms. The van der Waals surface area contributed by atoms with Crippen molar-refractivity contribution >= 4 is 17.3 Å². The molecular weight excluding hydrogens is 332 g/mol. The van der Waals surface area contributed by atoms with E-state index in [2.05, 4.69) is 36.0 Å². The maximum Gasteiger partial charge on any atom is 0.194 e. The van der Waals surface area contributed by atoms with Crippen LogP contribution in [-0.2, 0) is 11.3 Å². The van der Waals surface area contributed by atoms with Crippen LogP contribution in [0.2, 0.25) is 0 Å². The van der Waals surface area contributed by atoms with Crippen LogP contribution in [0, 0.1) is 12.3 Å². The van der Waals surface area contributed by atoms with Gasteiger partial charge in [0.15, 0.2) is 5.96 Å². The molecular formula is C19H32N4OS. The van der Waals surface area contributed by atoms with Gasteiger partial charge in [-0.1, -0.05) is 13.8 Å². The molecule has 1 spiro atoms. The zero-order valence-electron chi connectivity index (χ0n) is 16.1. The SMILES string of the molecule is CN=C(NCc1nc(C(C)C)c(C)s1)N1CCCC2(CCCOC2)C1. The molecule has 140 valence electrons. The van der Waals surface area contributed by atoms with Gasteiger partial charge >= 0.3 is 0 Å². The lowest BCUT2D eigenvalue weighted by Crippen LogP contribution is -2.52. The minimum absolute atomic E-state index is 0.330. The largest absolute Gasteiger partial charge is 0.381 e. The summed E-state index contributed by atoms with van der Waals surface area (Å²) in [5.74, 6) is 1.49. The first-order valence-corrected chi connectivity index (χ1v) is 10.3. The molecule has 2 saturated heterocycles. The highest BCUT2D eigenvalue weighted by Crippen LogP contribution is 2.37. The minimum Gasteiger partial charge on any atom is -0.381 e. The summed E-state index contributed by atoms with van der Waals surface area (Å²) >= 11 is 1.80. The van der Waals surface area contributed by atoms with Crippen molar-refractivity contribution in [1.82, 2.24) is 15.2 Å². The number of nitrogens with zero attached hydrogens (tertiary/aromatic N) is 3. The molecule has 1 N–H and O–H groups in total. The van der Waals surface area contributed by atoms with Crippen molar-refractivity contribution in [3.63, 3.8) is 0 Å². The summed E-state index contributed by atoms with van der Waals surface area (Å²) in [4.78, 5) is 13.1. The number of nitrogens with one attached hydrogen (secondary N) is 1. The molecule has 1 unspecified atom stereocenters. The number of piperidine rings is 1. The molecule has 0 amide bonds. The number of rotatable bonds is 3. The Balaban J connectivity index is 1.61. The van der Waals surface area contributed by atoms with Gasteiger partial charge in [0, 0.05) is 37.0 Å². The molecule has 1 aromatic heterocycles. The second-order valence-corrected chi connectivity index (χ2v) is 9.07. The highest BCUT2D eigenvalue weighted by Gasteiger charge is 2.38. The van der Waals surface area contributed by atoms with E-state index in [-0.39, 0.29) is 0 Å². The molecule has 0 aromatic carbocycles. The molecule has 0 aliphatic carbocycles. The quantitative estimate of drug-likeness (QED) is 0.658. The Bertz CT molecular complexity index is 599. The van der Waals surface area contributed by atoms with E-state index in [0.29, 0.717) is 11.3 Å². The fraction of sp³-hybridized carbons (Fsp3) is 0.789. The van der Waals surface area contributed by atoms with Crippen LogP contribution < -0.4 is 5.32 Å². The predicted molar refractivity (Wildman–Crippen MR) is 104 cm³/mol. The number of aromatic nitrogens is 1. The highest BCUT2D eigenvalue weighted by atomic mass is 32.1. The molecule has 0 saturated carbocycles. The molecule has 5 nitrogen and oxygen atoms in total. The normalized spacial score (nSPS) is 25.0. The van der Waals surface area contributed by atoms with Crippen LogP contribution in [0.25, 0.3) is 0 Å². The molecule has 0 radical (unpaired) electrons. The monoisotopic (exact) mass is 364 g/mol. The van der Waals surface area contributed by atoms with Crippen LogP contribution in [0.1, 0.15) is 61.0 Å². The van der Waals surface area contributed by atoms with Crippen molar-refractivity contribution in [2.75, 3.05) is 33.4 Å². The molecule has 25 heavy (non-hydrogen) atoms. The van der Waals surface area contributed by atoms with Gasteiger partial charge in [-0.25, -0.2) is 4.98 Å². The smallest absolute Gasteiger partial charge is 0.194 e. The van der Waals surface area contributed by atoms with Crippen LogP contribution in [0.15, 0.2) is 4.99 Å². The standard InChI is InChI=1S/C19H32N4OS/c1-14(2)17-15(3)25-16(22-17)11-21-18(20-4)23-9-5-7-19(12-23)8-6-10-24-13-19/h14H,5-13H2,1-4H3,(H,20,21). The Morgan fingerprint density at radius 1 is 1.40 bits per heavy atom. The van der Waals surface area contributed by atoms with Crippen LogP contribution in [0.5, 0.6) is 0 Å². The first-order valence-electron chi connectivity index (χ1n) is 9.52. The van der Waals surface area contributed by atoms with Gasteiger partial charge in [0.2, 0.25) is 0 Å². The Morgan fingerprint density at radius 2 is 2.20 bits per heavy atom. The lowest BCUT2D eigenvalue weighted by molar-refractivity contribution is -0.0370.